The molecule has 182 valence electrons. The van der Waals surface area contributed by atoms with Crippen molar-refractivity contribution >= 4 is 25.6 Å². The van der Waals surface area contributed by atoms with E-state index in [0.717, 1.165) is 0 Å². The van der Waals surface area contributed by atoms with Crippen molar-refractivity contribution in [3.8, 4) is 0 Å². The Balaban J connectivity index is 1.89. The Kier molecular flexibility index (Phi) is 9.06. The summed E-state index contributed by atoms with van der Waals surface area (Å²) in [5, 5.41) is 0. The van der Waals surface area contributed by atoms with Gasteiger partial charge in [0.05, 0.1) is 27.6 Å². The molecule has 1 aromatic rings. The SMILES string of the molecule is CC1CN(S(=O)(=O)c2cccc(CC(=O)CCCCCS(=O)(=O)C(C)(C)C)c2)C[C@@H](C)O1. The number of carbonyl (C=O) groups is 1. The van der Waals surface area contributed by atoms with E-state index in [-0.39, 0.29) is 35.1 Å². The maximum absolute atomic E-state index is 13.0. The summed E-state index contributed by atoms with van der Waals surface area (Å²) in [6.45, 7) is 9.40. The Hall–Kier alpha value is -1.29. The van der Waals surface area contributed by atoms with Crippen molar-refractivity contribution in [2.45, 2.75) is 88.6 Å². The molecule has 1 saturated heterocycles. The number of sulfonamides is 1. The van der Waals surface area contributed by atoms with Crippen molar-refractivity contribution in [2.24, 2.45) is 0 Å². The Labute approximate surface area is 193 Å². The lowest BCUT2D eigenvalue weighted by molar-refractivity contribution is -0.118. The lowest BCUT2D eigenvalue weighted by atomic mass is 10.0. The Bertz CT molecular complexity index is 986. The van der Waals surface area contributed by atoms with E-state index in [9.17, 15) is 21.6 Å². The first kappa shape index (κ1) is 27.0. The minimum absolute atomic E-state index is 0.0202. The molecule has 0 bridgehead atoms. The molecule has 1 fully saturated rings. The molecule has 0 saturated carbocycles. The Morgan fingerprint density at radius 2 is 1.66 bits per heavy atom. The zero-order chi connectivity index (χ0) is 24.2. The number of carbonyl (C=O) groups excluding carboxylic acids is 1. The highest BCUT2D eigenvalue weighted by Gasteiger charge is 2.32. The summed E-state index contributed by atoms with van der Waals surface area (Å²) < 4.78 is 56.7. The average molecular weight is 488 g/mol. The quantitative estimate of drug-likeness (QED) is 0.469. The standard InChI is InChI=1S/C23H37NO6S2/c1-18-16-24(17-19(2)30-18)32(28,29)22-12-9-10-20(15-22)14-21(25)11-7-6-8-13-31(26,27)23(3,4)5/h9-10,12,15,18-19H,6-8,11,13-14,16-17H2,1-5H3/t18-,19?/m1/s1. The third-order valence-electron chi connectivity index (χ3n) is 5.63. The molecule has 1 heterocycles. The highest BCUT2D eigenvalue weighted by atomic mass is 32.2. The first-order valence-electron chi connectivity index (χ1n) is 11.2. The third-order valence-corrected chi connectivity index (χ3v) is 10.1. The van der Waals surface area contributed by atoms with Crippen LogP contribution >= 0.6 is 0 Å². The van der Waals surface area contributed by atoms with Gasteiger partial charge in [-0.15, -0.1) is 0 Å². The number of hydrogen-bond acceptors (Lipinski definition) is 6. The zero-order valence-electron chi connectivity index (χ0n) is 19.8. The van der Waals surface area contributed by atoms with Crippen molar-refractivity contribution in [3.05, 3.63) is 29.8 Å². The maximum Gasteiger partial charge on any atom is 0.243 e. The van der Waals surface area contributed by atoms with E-state index in [1.807, 2.05) is 13.8 Å². The second kappa shape index (κ2) is 10.8. The van der Waals surface area contributed by atoms with Gasteiger partial charge >= 0.3 is 0 Å². The van der Waals surface area contributed by atoms with E-state index in [2.05, 4.69) is 0 Å². The van der Waals surface area contributed by atoms with Crippen LogP contribution in [0.4, 0.5) is 0 Å². The predicted molar refractivity (Wildman–Crippen MR) is 126 cm³/mol. The van der Waals surface area contributed by atoms with Gasteiger partial charge in [-0.3, -0.25) is 4.79 Å². The summed E-state index contributed by atoms with van der Waals surface area (Å²) in [4.78, 5) is 12.6. The molecule has 0 radical (unpaired) electrons. The first-order chi connectivity index (χ1) is 14.7. The van der Waals surface area contributed by atoms with Crippen LogP contribution in [0.3, 0.4) is 0 Å². The molecule has 32 heavy (non-hydrogen) atoms. The van der Waals surface area contributed by atoms with Gasteiger partial charge in [0.25, 0.3) is 0 Å². The summed E-state index contributed by atoms with van der Waals surface area (Å²) in [6.07, 6.45) is 2.01. The largest absolute Gasteiger partial charge is 0.373 e. The van der Waals surface area contributed by atoms with Crippen LogP contribution in [0.2, 0.25) is 0 Å². The normalized spacial score (nSPS) is 20.9. The summed E-state index contributed by atoms with van der Waals surface area (Å²) in [5.74, 6) is 0.149. The van der Waals surface area contributed by atoms with E-state index in [1.165, 1.54) is 4.31 Å². The van der Waals surface area contributed by atoms with Crippen molar-refractivity contribution < 1.29 is 26.4 Å². The van der Waals surface area contributed by atoms with Gasteiger partial charge in [0, 0.05) is 25.9 Å². The second-order valence-corrected chi connectivity index (χ2v) is 14.5. The number of ether oxygens (including phenoxy) is 1. The molecule has 1 unspecified atom stereocenters. The Morgan fingerprint density at radius 1 is 1.03 bits per heavy atom. The van der Waals surface area contributed by atoms with Gasteiger partial charge in [0.15, 0.2) is 9.84 Å². The molecule has 7 nitrogen and oxygen atoms in total. The van der Waals surface area contributed by atoms with Crippen LogP contribution in [0.25, 0.3) is 0 Å². The van der Waals surface area contributed by atoms with E-state index in [1.54, 1.807) is 45.0 Å². The minimum atomic E-state index is -3.65. The molecule has 1 aliphatic rings. The van der Waals surface area contributed by atoms with Crippen LogP contribution in [0.5, 0.6) is 0 Å². The highest BCUT2D eigenvalue weighted by Crippen LogP contribution is 2.22. The third kappa shape index (κ3) is 7.37. The van der Waals surface area contributed by atoms with Gasteiger partial charge in [0.2, 0.25) is 10.0 Å². The minimum Gasteiger partial charge on any atom is -0.373 e. The van der Waals surface area contributed by atoms with Gasteiger partial charge in [0.1, 0.15) is 5.78 Å². The zero-order valence-corrected chi connectivity index (χ0v) is 21.5. The number of benzene rings is 1. The maximum atomic E-state index is 13.0. The lowest BCUT2D eigenvalue weighted by Crippen LogP contribution is -2.48. The number of hydrogen-bond donors (Lipinski definition) is 0. The van der Waals surface area contributed by atoms with Crippen LogP contribution < -0.4 is 0 Å². The van der Waals surface area contributed by atoms with Crippen LogP contribution in [0, 0.1) is 0 Å². The summed E-state index contributed by atoms with van der Waals surface area (Å²) >= 11 is 0. The van der Waals surface area contributed by atoms with Crippen LogP contribution in [-0.4, -0.2) is 62.7 Å². The number of Topliss-reactive ketones (excluding diaryl/α,β-unsaturated/α-hetero) is 1. The first-order valence-corrected chi connectivity index (χ1v) is 14.3. The number of ketones is 1. The van der Waals surface area contributed by atoms with Crippen molar-refractivity contribution in [2.75, 3.05) is 18.8 Å². The Morgan fingerprint density at radius 3 is 2.25 bits per heavy atom. The van der Waals surface area contributed by atoms with E-state index in [4.69, 9.17) is 4.74 Å². The molecule has 2 atom stereocenters. The van der Waals surface area contributed by atoms with E-state index < -0.39 is 24.6 Å². The predicted octanol–water partition coefficient (Wildman–Crippen LogP) is 3.37. The number of nitrogens with zero attached hydrogens (tertiary/aromatic N) is 1. The van der Waals surface area contributed by atoms with Gasteiger partial charge in [-0.1, -0.05) is 18.6 Å². The van der Waals surface area contributed by atoms with Gasteiger partial charge < -0.3 is 4.74 Å². The van der Waals surface area contributed by atoms with E-state index in [0.29, 0.717) is 44.3 Å². The molecular formula is C23H37NO6S2. The number of rotatable bonds is 10. The molecule has 1 aromatic carbocycles. The molecule has 0 N–H and O–H groups in total. The monoisotopic (exact) mass is 487 g/mol. The highest BCUT2D eigenvalue weighted by molar-refractivity contribution is 7.92. The molecule has 0 spiro atoms. The fourth-order valence-corrected chi connectivity index (χ4v) is 6.56. The average Bonchev–Trinajstić information content (AvgIpc) is 2.66. The van der Waals surface area contributed by atoms with Crippen LogP contribution in [0.1, 0.15) is 65.9 Å². The van der Waals surface area contributed by atoms with E-state index >= 15 is 0 Å². The van der Waals surface area contributed by atoms with Crippen molar-refractivity contribution in [1.29, 1.82) is 0 Å². The molecule has 2 rings (SSSR count). The summed E-state index contributed by atoms with van der Waals surface area (Å²) in [5.41, 5.74) is 0.667. The number of sulfone groups is 1. The number of morpholine rings is 1. The van der Waals surface area contributed by atoms with Crippen molar-refractivity contribution in [3.63, 3.8) is 0 Å². The molecule has 0 aliphatic carbocycles. The van der Waals surface area contributed by atoms with Crippen molar-refractivity contribution in [1.82, 2.24) is 4.31 Å². The molecule has 1 aliphatic heterocycles. The molecule has 0 aromatic heterocycles. The fourth-order valence-electron chi connectivity index (χ4n) is 3.71. The smallest absolute Gasteiger partial charge is 0.243 e. The molecular weight excluding hydrogens is 450 g/mol. The van der Waals surface area contributed by atoms with Crippen LogP contribution in [0.15, 0.2) is 29.2 Å². The second-order valence-electron chi connectivity index (χ2n) is 9.68. The lowest BCUT2D eigenvalue weighted by Gasteiger charge is -2.34. The molecule has 9 heteroatoms. The van der Waals surface area contributed by atoms with Crippen LogP contribution in [-0.2, 0) is 35.8 Å². The van der Waals surface area contributed by atoms with Gasteiger partial charge in [-0.05, 0) is 65.2 Å². The molecule has 0 amide bonds. The topological polar surface area (TPSA) is 97.8 Å². The number of unbranched alkanes of at least 4 members (excludes halogenated alkanes) is 2. The fraction of sp³-hybridized carbons (Fsp3) is 0.696. The summed E-state index contributed by atoms with van der Waals surface area (Å²) in [7, 11) is -6.79. The van der Waals surface area contributed by atoms with Gasteiger partial charge in [-0.2, -0.15) is 4.31 Å². The summed E-state index contributed by atoms with van der Waals surface area (Å²) in [6, 6.07) is 6.56. The van der Waals surface area contributed by atoms with Gasteiger partial charge in [-0.25, -0.2) is 16.8 Å².